The maximum absolute atomic E-state index is 5.19. The SMILES string of the molecule is C/C(=N\NC(=S)NCc1ccccc1)c1nccnc1C. The fourth-order valence-corrected chi connectivity index (χ4v) is 1.89. The molecule has 0 fully saturated rings. The number of thiocarbonyl (C=S) groups is 1. The van der Waals surface area contributed by atoms with Crippen molar-refractivity contribution in [3.63, 3.8) is 0 Å². The minimum absolute atomic E-state index is 0.472. The third-order valence-electron chi connectivity index (χ3n) is 2.84. The Bertz CT molecular complexity index is 640. The van der Waals surface area contributed by atoms with Gasteiger partial charge in [0.2, 0.25) is 0 Å². The fraction of sp³-hybridized carbons (Fsp3) is 0.200. The zero-order valence-electron chi connectivity index (χ0n) is 12.0. The van der Waals surface area contributed by atoms with Crippen LogP contribution in [0.2, 0.25) is 0 Å². The van der Waals surface area contributed by atoms with Crippen molar-refractivity contribution in [1.29, 1.82) is 0 Å². The van der Waals surface area contributed by atoms with E-state index in [4.69, 9.17) is 12.2 Å². The Morgan fingerprint density at radius 1 is 1.19 bits per heavy atom. The first kappa shape index (κ1) is 15.1. The minimum Gasteiger partial charge on any atom is -0.357 e. The molecular formula is C15H17N5S. The van der Waals surface area contributed by atoms with E-state index >= 15 is 0 Å². The van der Waals surface area contributed by atoms with Gasteiger partial charge in [-0.2, -0.15) is 5.10 Å². The first-order valence-electron chi connectivity index (χ1n) is 6.57. The van der Waals surface area contributed by atoms with E-state index in [0.29, 0.717) is 11.7 Å². The van der Waals surface area contributed by atoms with E-state index in [9.17, 15) is 0 Å². The molecule has 1 aromatic heterocycles. The molecule has 0 aliphatic heterocycles. The second-order valence-corrected chi connectivity index (χ2v) is 4.88. The quantitative estimate of drug-likeness (QED) is 0.515. The topological polar surface area (TPSA) is 62.2 Å². The molecule has 0 saturated carbocycles. The Labute approximate surface area is 129 Å². The van der Waals surface area contributed by atoms with E-state index in [1.54, 1.807) is 12.4 Å². The molecule has 0 amide bonds. The Kier molecular flexibility index (Phi) is 5.34. The number of hydrazone groups is 1. The van der Waals surface area contributed by atoms with Gasteiger partial charge in [-0.15, -0.1) is 0 Å². The number of nitrogens with zero attached hydrogens (tertiary/aromatic N) is 3. The molecule has 1 heterocycles. The van der Waals surface area contributed by atoms with Crippen molar-refractivity contribution in [2.75, 3.05) is 0 Å². The van der Waals surface area contributed by atoms with Gasteiger partial charge < -0.3 is 5.32 Å². The molecule has 0 atom stereocenters. The first-order chi connectivity index (χ1) is 10.2. The lowest BCUT2D eigenvalue weighted by molar-refractivity contribution is 0.865. The van der Waals surface area contributed by atoms with E-state index in [0.717, 1.165) is 22.7 Å². The monoisotopic (exact) mass is 299 g/mol. The van der Waals surface area contributed by atoms with Crippen molar-refractivity contribution in [2.24, 2.45) is 5.10 Å². The first-order valence-corrected chi connectivity index (χ1v) is 6.97. The summed E-state index contributed by atoms with van der Waals surface area (Å²) in [7, 11) is 0. The van der Waals surface area contributed by atoms with Crippen LogP contribution in [0.4, 0.5) is 0 Å². The van der Waals surface area contributed by atoms with Crippen LogP contribution in [0.25, 0.3) is 0 Å². The van der Waals surface area contributed by atoms with Gasteiger partial charge in [0, 0.05) is 18.9 Å². The third kappa shape index (κ3) is 4.61. The number of rotatable bonds is 4. The lowest BCUT2D eigenvalue weighted by atomic mass is 10.2. The molecular weight excluding hydrogens is 282 g/mol. The molecule has 0 unspecified atom stereocenters. The van der Waals surface area contributed by atoms with E-state index in [2.05, 4.69) is 25.8 Å². The Morgan fingerprint density at radius 3 is 2.62 bits per heavy atom. The summed E-state index contributed by atoms with van der Waals surface area (Å²) >= 11 is 5.19. The van der Waals surface area contributed by atoms with Crippen LogP contribution in [0, 0.1) is 6.92 Å². The van der Waals surface area contributed by atoms with Gasteiger partial charge in [0.1, 0.15) is 5.69 Å². The number of hydrogen-bond donors (Lipinski definition) is 2. The molecule has 2 aromatic rings. The summed E-state index contributed by atoms with van der Waals surface area (Å²) in [6.45, 7) is 4.42. The maximum atomic E-state index is 5.19. The van der Waals surface area contributed by atoms with E-state index in [1.165, 1.54) is 0 Å². The zero-order chi connectivity index (χ0) is 15.1. The summed E-state index contributed by atoms with van der Waals surface area (Å²) in [5, 5.41) is 7.80. The molecule has 0 bridgehead atoms. The third-order valence-corrected chi connectivity index (χ3v) is 3.08. The second-order valence-electron chi connectivity index (χ2n) is 4.47. The van der Waals surface area contributed by atoms with Crippen LogP contribution >= 0.6 is 12.2 Å². The van der Waals surface area contributed by atoms with Crippen molar-refractivity contribution in [3.05, 3.63) is 59.7 Å². The molecule has 108 valence electrons. The van der Waals surface area contributed by atoms with Crippen LogP contribution in [-0.2, 0) is 6.54 Å². The predicted molar refractivity (Wildman–Crippen MR) is 88.0 cm³/mol. The molecule has 0 spiro atoms. The summed E-state index contributed by atoms with van der Waals surface area (Å²) in [6, 6.07) is 10.0. The number of hydrogen-bond acceptors (Lipinski definition) is 4. The van der Waals surface area contributed by atoms with Gasteiger partial charge in [-0.1, -0.05) is 30.3 Å². The van der Waals surface area contributed by atoms with Crippen molar-refractivity contribution >= 4 is 23.0 Å². The van der Waals surface area contributed by atoms with Crippen LogP contribution in [0.1, 0.15) is 23.9 Å². The van der Waals surface area contributed by atoms with Gasteiger partial charge in [0.05, 0.1) is 11.4 Å². The molecule has 0 radical (unpaired) electrons. The molecule has 21 heavy (non-hydrogen) atoms. The average Bonchev–Trinajstić information content (AvgIpc) is 2.52. The highest BCUT2D eigenvalue weighted by Crippen LogP contribution is 2.01. The highest BCUT2D eigenvalue weighted by atomic mass is 32.1. The van der Waals surface area contributed by atoms with Gasteiger partial charge in [-0.25, -0.2) is 0 Å². The van der Waals surface area contributed by atoms with Crippen LogP contribution < -0.4 is 10.7 Å². The number of aromatic nitrogens is 2. The van der Waals surface area contributed by atoms with E-state index < -0.39 is 0 Å². The van der Waals surface area contributed by atoms with Crippen LogP contribution in [0.5, 0.6) is 0 Å². The van der Waals surface area contributed by atoms with Gasteiger partial charge in [0.15, 0.2) is 5.11 Å². The summed E-state index contributed by atoms with van der Waals surface area (Å²) in [5.41, 5.74) is 6.32. The van der Waals surface area contributed by atoms with Gasteiger partial charge in [-0.05, 0) is 31.6 Å². The highest BCUT2D eigenvalue weighted by molar-refractivity contribution is 7.80. The van der Waals surface area contributed by atoms with Gasteiger partial charge >= 0.3 is 0 Å². The van der Waals surface area contributed by atoms with Crippen molar-refractivity contribution in [2.45, 2.75) is 20.4 Å². The summed E-state index contributed by atoms with van der Waals surface area (Å²) in [6.07, 6.45) is 3.30. The van der Waals surface area contributed by atoms with E-state index in [1.807, 2.05) is 44.2 Å². The number of nitrogens with one attached hydrogen (secondary N) is 2. The lowest BCUT2D eigenvalue weighted by Crippen LogP contribution is -2.32. The smallest absolute Gasteiger partial charge is 0.187 e. The Hall–Kier alpha value is -2.34. The van der Waals surface area contributed by atoms with Crippen LogP contribution in [0.3, 0.4) is 0 Å². The predicted octanol–water partition coefficient (Wildman–Crippen LogP) is 2.17. The molecule has 5 nitrogen and oxygen atoms in total. The largest absolute Gasteiger partial charge is 0.357 e. The summed E-state index contributed by atoms with van der Waals surface area (Å²) < 4.78 is 0. The highest BCUT2D eigenvalue weighted by Gasteiger charge is 2.04. The minimum atomic E-state index is 0.472. The second kappa shape index (κ2) is 7.44. The molecule has 0 saturated heterocycles. The zero-order valence-corrected chi connectivity index (χ0v) is 12.8. The average molecular weight is 299 g/mol. The van der Waals surface area contributed by atoms with Crippen molar-refractivity contribution in [1.82, 2.24) is 20.7 Å². The van der Waals surface area contributed by atoms with Crippen molar-refractivity contribution < 1.29 is 0 Å². The summed E-state index contributed by atoms with van der Waals surface area (Å²) in [5.74, 6) is 0. The fourth-order valence-electron chi connectivity index (χ4n) is 1.77. The van der Waals surface area contributed by atoms with Gasteiger partial charge in [-0.3, -0.25) is 15.4 Å². The summed E-state index contributed by atoms with van der Waals surface area (Å²) in [4.78, 5) is 8.44. The number of benzene rings is 1. The standard InChI is InChI=1S/C15H17N5S/c1-11-14(17-9-8-16-11)12(2)19-20-15(21)18-10-13-6-4-3-5-7-13/h3-9H,10H2,1-2H3,(H2,18,20,21)/b19-12+. The van der Waals surface area contributed by atoms with Crippen LogP contribution in [-0.4, -0.2) is 20.8 Å². The molecule has 0 aliphatic rings. The molecule has 2 N–H and O–H groups in total. The normalized spacial score (nSPS) is 11.0. The molecule has 6 heteroatoms. The lowest BCUT2D eigenvalue weighted by Gasteiger charge is -2.08. The van der Waals surface area contributed by atoms with Crippen LogP contribution in [0.15, 0.2) is 47.8 Å². The molecule has 1 aromatic carbocycles. The molecule has 2 rings (SSSR count). The number of aryl methyl sites for hydroxylation is 1. The maximum Gasteiger partial charge on any atom is 0.187 e. The van der Waals surface area contributed by atoms with E-state index in [-0.39, 0.29) is 0 Å². The van der Waals surface area contributed by atoms with Gasteiger partial charge in [0.25, 0.3) is 0 Å². The Morgan fingerprint density at radius 2 is 1.90 bits per heavy atom. The Balaban J connectivity index is 1.88. The molecule has 0 aliphatic carbocycles. The van der Waals surface area contributed by atoms with Crippen molar-refractivity contribution in [3.8, 4) is 0 Å².